The van der Waals surface area contributed by atoms with E-state index < -0.39 is 0 Å². The smallest absolute Gasteiger partial charge is 0.279 e. The zero-order valence-electron chi connectivity index (χ0n) is 17.0. The van der Waals surface area contributed by atoms with Gasteiger partial charge in [-0.05, 0) is 35.6 Å². The zero-order chi connectivity index (χ0) is 21.1. The summed E-state index contributed by atoms with van der Waals surface area (Å²) in [5.41, 5.74) is 2.68. The lowest BCUT2D eigenvalue weighted by atomic mass is 10.0. The van der Waals surface area contributed by atoms with Gasteiger partial charge in [0.15, 0.2) is 0 Å². The lowest BCUT2D eigenvalue weighted by molar-refractivity contribution is -0.130. The highest BCUT2D eigenvalue weighted by molar-refractivity contribution is 7.18. The first-order chi connectivity index (χ1) is 14.6. The number of likely N-dealkylation sites (N-methyl/N-ethyl adjacent to an activating group) is 1. The standard InChI is InChI=1S/C23H23N3O3S/c1-3-25(10-11-29-2)20(27)14-18-13-19(16-7-5-4-6-8-16)23(28)26-21(18)22-17(15-24-26)9-12-30-22/h4-9,12-13,15H,3,10-11,14H2,1-2H3. The van der Waals surface area contributed by atoms with Gasteiger partial charge in [-0.15, -0.1) is 11.3 Å². The van der Waals surface area contributed by atoms with E-state index in [0.717, 1.165) is 21.2 Å². The summed E-state index contributed by atoms with van der Waals surface area (Å²) in [6.07, 6.45) is 1.90. The molecule has 0 aliphatic carbocycles. The number of methoxy groups -OCH3 is 1. The van der Waals surface area contributed by atoms with Gasteiger partial charge in [0, 0.05) is 31.1 Å². The fourth-order valence-electron chi connectivity index (χ4n) is 3.64. The van der Waals surface area contributed by atoms with Crippen LogP contribution < -0.4 is 5.56 Å². The maximum Gasteiger partial charge on any atom is 0.279 e. The molecule has 0 radical (unpaired) electrons. The van der Waals surface area contributed by atoms with Gasteiger partial charge in [-0.25, -0.2) is 0 Å². The third-order valence-electron chi connectivity index (χ3n) is 5.21. The van der Waals surface area contributed by atoms with Crippen LogP contribution in [0.25, 0.3) is 26.7 Å². The Morgan fingerprint density at radius 2 is 2.03 bits per heavy atom. The van der Waals surface area contributed by atoms with Gasteiger partial charge in [0.25, 0.3) is 5.56 Å². The Balaban J connectivity index is 1.90. The van der Waals surface area contributed by atoms with Gasteiger partial charge in [0.1, 0.15) is 0 Å². The molecule has 0 bridgehead atoms. The average Bonchev–Trinajstić information content (AvgIpc) is 3.25. The van der Waals surface area contributed by atoms with E-state index in [1.54, 1.807) is 29.5 Å². The van der Waals surface area contributed by atoms with Crippen molar-refractivity contribution in [2.45, 2.75) is 13.3 Å². The molecule has 1 aromatic carbocycles. The Hall–Kier alpha value is -3.03. The van der Waals surface area contributed by atoms with Crippen LogP contribution in [-0.4, -0.2) is 47.2 Å². The fraction of sp³-hybridized carbons (Fsp3) is 0.261. The number of thiophene rings is 1. The van der Waals surface area contributed by atoms with E-state index >= 15 is 0 Å². The fourth-order valence-corrected chi connectivity index (χ4v) is 4.57. The molecule has 0 aliphatic rings. The number of benzene rings is 1. The third kappa shape index (κ3) is 3.74. The summed E-state index contributed by atoms with van der Waals surface area (Å²) < 4.78 is 7.54. The molecule has 0 atom stereocenters. The number of carbonyl (C=O) groups excluding carboxylic acids is 1. The predicted octanol–water partition coefficient (Wildman–Crippen LogP) is 3.61. The Morgan fingerprint density at radius 3 is 2.77 bits per heavy atom. The van der Waals surface area contributed by atoms with Crippen LogP contribution >= 0.6 is 11.3 Å². The quantitative estimate of drug-likeness (QED) is 0.457. The lowest BCUT2D eigenvalue weighted by Gasteiger charge is -2.21. The number of ether oxygens (including phenoxy) is 1. The number of aromatic nitrogens is 2. The first-order valence-corrected chi connectivity index (χ1v) is 10.7. The van der Waals surface area contributed by atoms with Crippen LogP contribution in [0.1, 0.15) is 12.5 Å². The lowest BCUT2D eigenvalue weighted by Crippen LogP contribution is -2.35. The van der Waals surface area contributed by atoms with Gasteiger partial charge in [-0.2, -0.15) is 9.61 Å². The van der Waals surface area contributed by atoms with Gasteiger partial charge in [0.2, 0.25) is 5.91 Å². The molecule has 0 saturated heterocycles. The average molecular weight is 422 g/mol. The van der Waals surface area contributed by atoms with Crippen molar-refractivity contribution < 1.29 is 9.53 Å². The Morgan fingerprint density at radius 1 is 1.23 bits per heavy atom. The van der Waals surface area contributed by atoms with Crippen molar-refractivity contribution >= 4 is 32.8 Å². The number of carbonyl (C=O) groups is 1. The van der Waals surface area contributed by atoms with Gasteiger partial charge >= 0.3 is 0 Å². The molecule has 0 unspecified atom stereocenters. The second kappa shape index (κ2) is 8.77. The van der Waals surface area contributed by atoms with Crippen molar-refractivity contribution in [1.29, 1.82) is 0 Å². The van der Waals surface area contributed by atoms with Gasteiger partial charge in [-0.3, -0.25) is 9.59 Å². The molecule has 0 spiro atoms. The molecule has 30 heavy (non-hydrogen) atoms. The second-order valence-corrected chi connectivity index (χ2v) is 7.92. The van der Waals surface area contributed by atoms with Crippen LogP contribution in [0.5, 0.6) is 0 Å². The highest BCUT2D eigenvalue weighted by atomic mass is 32.1. The van der Waals surface area contributed by atoms with Crippen LogP contribution in [0.4, 0.5) is 0 Å². The summed E-state index contributed by atoms with van der Waals surface area (Å²) in [6, 6.07) is 13.3. The first-order valence-electron chi connectivity index (χ1n) is 9.87. The molecule has 4 aromatic rings. The number of amides is 1. The zero-order valence-corrected chi connectivity index (χ0v) is 17.8. The van der Waals surface area contributed by atoms with Crippen LogP contribution in [0.15, 0.2) is 58.8 Å². The van der Waals surface area contributed by atoms with Crippen LogP contribution in [0.3, 0.4) is 0 Å². The highest BCUT2D eigenvalue weighted by Gasteiger charge is 2.19. The van der Waals surface area contributed by atoms with E-state index in [0.29, 0.717) is 30.8 Å². The number of nitrogens with zero attached hydrogens (tertiary/aromatic N) is 3. The predicted molar refractivity (Wildman–Crippen MR) is 120 cm³/mol. The van der Waals surface area contributed by atoms with Crippen LogP contribution in [0.2, 0.25) is 0 Å². The minimum Gasteiger partial charge on any atom is -0.383 e. The number of rotatable bonds is 7. The summed E-state index contributed by atoms with van der Waals surface area (Å²) in [5, 5.41) is 7.36. The first kappa shape index (κ1) is 20.3. The summed E-state index contributed by atoms with van der Waals surface area (Å²) in [4.78, 5) is 28.1. The van der Waals surface area contributed by atoms with E-state index in [9.17, 15) is 9.59 Å². The number of hydrogen-bond donors (Lipinski definition) is 0. The normalized spacial score (nSPS) is 11.3. The largest absolute Gasteiger partial charge is 0.383 e. The minimum absolute atomic E-state index is 0.00247. The summed E-state index contributed by atoms with van der Waals surface area (Å²) in [7, 11) is 1.63. The van der Waals surface area contributed by atoms with E-state index in [1.807, 2.05) is 54.8 Å². The topological polar surface area (TPSA) is 63.9 Å². The molecule has 0 N–H and O–H groups in total. The van der Waals surface area contributed by atoms with Gasteiger partial charge < -0.3 is 9.64 Å². The van der Waals surface area contributed by atoms with Crippen LogP contribution in [-0.2, 0) is 16.0 Å². The SMILES string of the molecule is CCN(CCOC)C(=O)Cc1cc(-c2ccccc2)c(=O)n2ncc3ccsc3c12. The molecule has 0 fully saturated rings. The highest BCUT2D eigenvalue weighted by Crippen LogP contribution is 2.29. The Labute approximate surface area is 178 Å². The molecule has 4 rings (SSSR count). The molecule has 3 heterocycles. The molecule has 7 heteroatoms. The second-order valence-electron chi connectivity index (χ2n) is 7.01. The van der Waals surface area contributed by atoms with Crippen molar-refractivity contribution in [3.05, 3.63) is 70.0 Å². The molecule has 3 aromatic heterocycles. The van der Waals surface area contributed by atoms with Crippen molar-refractivity contribution in [1.82, 2.24) is 14.5 Å². The number of pyridine rings is 1. The summed E-state index contributed by atoms with van der Waals surface area (Å²) in [5.74, 6) is 0.00247. The van der Waals surface area contributed by atoms with Gasteiger partial charge in [0.05, 0.1) is 29.4 Å². The molecular formula is C23H23N3O3S. The summed E-state index contributed by atoms with van der Waals surface area (Å²) in [6.45, 7) is 3.58. The molecule has 0 saturated carbocycles. The maximum atomic E-state index is 13.3. The minimum atomic E-state index is -0.186. The molecule has 6 nitrogen and oxygen atoms in total. The van der Waals surface area contributed by atoms with Crippen LogP contribution in [0, 0.1) is 0 Å². The Kier molecular flexibility index (Phi) is 5.92. The van der Waals surface area contributed by atoms with Crippen molar-refractivity contribution in [3.8, 4) is 11.1 Å². The number of hydrogen-bond acceptors (Lipinski definition) is 5. The van der Waals surface area contributed by atoms with Crippen molar-refractivity contribution in [2.24, 2.45) is 0 Å². The maximum absolute atomic E-state index is 13.3. The molecule has 1 amide bonds. The van der Waals surface area contributed by atoms with E-state index in [-0.39, 0.29) is 17.9 Å². The monoisotopic (exact) mass is 421 g/mol. The molecular weight excluding hydrogens is 398 g/mol. The van der Waals surface area contributed by atoms with Gasteiger partial charge in [-0.1, -0.05) is 30.3 Å². The molecule has 0 aliphatic heterocycles. The van der Waals surface area contributed by atoms with E-state index in [2.05, 4.69) is 5.10 Å². The third-order valence-corrected chi connectivity index (χ3v) is 6.14. The van der Waals surface area contributed by atoms with E-state index in [4.69, 9.17) is 4.74 Å². The van der Waals surface area contributed by atoms with Crippen molar-refractivity contribution in [3.63, 3.8) is 0 Å². The van der Waals surface area contributed by atoms with E-state index in [1.165, 1.54) is 4.52 Å². The molecule has 154 valence electrons. The summed E-state index contributed by atoms with van der Waals surface area (Å²) >= 11 is 1.55. The number of fused-ring (bicyclic) bond motifs is 3. The van der Waals surface area contributed by atoms with Crippen molar-refractivity contribution in [2.75, 3.05) is 26.8 Å². The Bertz CT molecular complexity index is 1250.